The van der Waals surface area contributed by atoms with Crippen LogP contribution in [0, 0.1) is 11.8 Å². The molecule has 4 rings (SSSR count). The predicted octanol–water partition coefficient (Wildman–Crippen LogP) is 2.66. The van der Waals surface area contributed by atoms with Gasteiger partial charge in [0, 0.05) is 11.7 Å². The lowest BCUT2D eigenvalue weighted by atomic mass is 10.1. The maximum absolute atomic E-state index is 12.5. The molecule has 9 heteroatoms. The lowest BCUT2D eigenvalue weighted by Gasteiger charge is -2.10. The highest BCUT2D eigenvalue weighted by Gasteiger charge is 2.49. The van der Waals surface area contributed by atoms with Gasteiger partial charge in [0.1, 0.15) is 0 Å². The maximum atomic E-state index is 12.5. The summed E-state index contributed by atoms with van der Waals surface area (Å²) < 4.78 is 4.98. The first-order valence-electron chi connectivity index (χ1n) is 10.5. The molecule has 2 amide bonds. The number of halogens is 1. The van der Waals surface area contributed by atoms with Gasteiger partial charge in [0.25, 0.3) is 5.91 Å². The molecule has 3 unspecified atom stereocenters. The minimum Gasteiger partial charge on any atom is -0.466 e. The number of carbonyl (C=O) groups is 3. The second-order valence-electron chi connectivity index (χ2n) is 7.96. The van der Waals surface area contributed by atoms with Crippen LogP contribution in [0.3, 0.4) is 0 Å². The number of amides is 2. The van der Waals surface area contributed by atoms with E-state index in [1.54, 1.807) is 6.92 Å². The number of aromatic amines is 1. The average Bonchev–Trinajstić information content (AvgIpc) is 3.32. The number of aromatic nitrogens is 2. The number of rotatable bonds is 7. The monoisotopic (exact) mass is 444 g/mol. The van der Waals surface area contributed by atoms with E-state index in [2.05, 4.69) is 20.6 Å². The number of H-pyrrole nitrogens is 1. The summed E-state index contributed by atoms with van der Waals surface area (Å²) in [6.45, 7) is 4.01. The number of esters is 1. The highest BCUT2D eigenvalue weighted by molar-refractivity contribution is 6.30. The first-order valence-corrected chi connectivity index (χ1v) is 10.9. The van der Waals surface area contributed by atoms with Crippen molar-refractivity contribution in [3.63, 3.8) is 0 Å². The van der Waals surface area contributed by atoms with Crippen LogP contribution in [0.5, 0.6) is 0 Å². The third-order valence-electron chi connectivity index (χ3n) is 5.76. The summed E-state index contributed by atoms with van der Waals surface area (Å²) in [7, 11) is 0. The molecule has 1 aromatic heterocycles. The Morgan fingerprint density at radius 2 is 1.97 bits per heavy atom. The van der Waals surface area contributed by atoms with Crippen LogP contribution in [0.1, 0.15) is 47.7 Å². The Balaban J connectivity index is 1.33. The van der Waals surface area contributed by atoms with Crippen molar-refractivity contribution < 1.29 is 19.1 Å². The van der Waals surface area contributed by atoms with Crippen LogP contribution >= 0.6 is 11.6 Å². The SMILES string of the molecule is CCOC(=O)C1CC1C(=O)Nc1ccc2c(c1)CC(NC(=O)c1nc(Cl)c(CC)[nH]1)C2. The summed E-state index contributed by atoms with van der Waals surface area (Å²) in [5, 5.41) is 6.21. The van der Waals surface area contributed by atoms with E-state index >= 15 is 0 Å². The van der Waals surface area contributed by atoms with E-state index in [-0.39, 0.29) is 41.5 Å². The zero-order chi connectivity index (χ0) is 22.1. The molecule has 3 N–H and O–H groups in total. The first kappa shape index (κ1) is 21.4. The van der Waals surface area contributed by atoms with Crippen molar-refractivity contribution in [3.8, 4) is 0 Å². The van der Waals surface area contributed by atoms with Gasteiger partial charge in [-0.2, -0.15) is 0 Å². The van der Waals surface area contributed by atoms with E-state index in [0.29, 0.717) is 43.1 Å². The maximum Gasteiger partial charge on any atom is 0.309 e. The van der Waals surface area contributed by atoms with E-state index in [9.17, 15) is 14.4 Å². The van der Waals surface area contributed by atoms with E-state index in [0.717, 1.165) is 16.8 Å². The Bertz CT molecular complexity index is 1030. The van der Waals surface area contributed by atoms with Crippen molar-refractivity contribution in [1.82, 2.24) is 15.3 Å². The summed E-state index contributed by atoms with van der Waals surface area (Å²) in [5.41, 5.74) is 3.64. The molecule has 3 atom stereocenters. The molecule has 0 spiro atoms. The second-order valence-corrected chi connectivity index (χ2v) is 8.32. The fraction of sp³-hybridized carbons (Fsp3) is 0.455. The van der Waals surface area contributed by atoms with Gasteiger partial charge >= 0.3 is 5.97 Å². The molecule has 0 saturated heterocycles. The van der Waals surface area contributed by atoms with E-state index in [1.807, 2.05) is 25.1 Å². The zero-order valence-electron chi connectivity index (χ0n) is 17.5. The number of anilines is 1. The fourth-order valence-corrected chi connectivity index (χ4v) is 4.28. The number of imidazole rings is 1. The van der Waals surface area contributed by atoms with Crippen LogP contribution in [-0.2, 0) is 33.6 Å². The molecule has 0 radical (unpaired) electrons. The van der Waals surface area contributed by atoms with Crippen molar-refractivity contribution >= 4 is 35.1 Å². The summed E-state index contributed by atoms with van der Waals surface area (Å²) in [4.78, 5) is 43.7. The molecular weight excluding hydrogens is 420 g/mol. The molecule has 1 aromatic carbocycles. The number of nitrogens with one attached hydrogen (secondary N) is 3. The minimum absolute atomic E-state index is 0.0565. The van der Waals surface area contributed by atoms with Gasteiger partial charge < -0.3 is 20.4 Å². The van der Waals surface area contributed by atoms with Crippen LogP contribution in [0.25, 0.3) is 0 Å². The molecule has 2 aliphatic rings. The molecule has 164 valence electrons. The van der Waals surface area contributed by atoms with Crippen molar-refractivity contribution in [2.45, 2.75) is 45.6 Å². The molecular formula is C22H25ClN4O4. The van der Waals surface area contributed by atoms with Gasteiger partial charge in [0.15, 0.2) is 11.0 Å². The normalized spacial score (nSPS) is 21.3. The molecule has 2 aliphatic carbocycles. The summed E-state index contributed by atoms with van der Waals surface area (Å²) in [5.74, 6) is -1.20. The van der Waals surface area contributed by atoms with E-state index in [1.165, 1.54) is 0 Å². The van der Waals surface area contributed by atoms with Gasteiger partial charge in [-0.25, -0.2) is 4.98 Å². The van der Waals surface area contributed by atoms with Crippen LogP contribution < -0.4 is 10.6 Å². The second kappa shape index (κ2) is 8.70. The Morgan fingerprint density at radius 1 is 1.19 bits per heavy atom. The van der Waals surface area contributed by atoms with Crippen molar-refractivity contribution in [2.24, 2.45) is 11.8 Å². The van der Waals surface area contributed by atoms with E-state index in [4.69, 9.17) is 16.3 Å². The van der Waals surface area contributed by atoms with Gasteiger partial charge in [-0.05, 0) is 55.9 Å². The highest BCUT2D eigenvalue weighted by Crippen LogP contribution is 2.40. The Kier molecular flexibility index (Phi) is 6.00. The molecule has 1 saturated carbocycles. The summed E-state index contributed by atoms with van der Waals surface area (Å²) >= 11 is 6.02. The number of carbonyl (C=O) groups excluding carboxylic acids is 3. The quantitative estimate of drug-likeness (QED) is 0.568. The third kappa shape index (κ3) is 4.58. The predicted molar refractivity (Wildman–Crippen MR) is 115 cm³/mol. The molecule has 2 aromatic rings. The van der Waals surface area contributed by atoms with Crippen molar-refractivity contribution in [3.05, 3.63) is 46.0 Å². The number of benzene rings is 1. The average molecular weight is 445 g/mol. The zero-order valence-corrected chi connectivity index (χ0v) is 18.2. The van der Waals surface area contributed by atoms with E-state index < -0.39 is 0 Å². The van der Waals surface area contributed by atoms with Gasteiger partial charge in [-0.3, -0.25) is 14.4 Å². The largest absolute Gasteiger partial charge is 0.466 e. The van der Waals surface area contributed by atoms with Crippen molar-refractivity contribution in [2.75, 3.05) is 11.9 Å². The highest BCUT2D eigenvalue weighted by atomic mass is 35.5. The molecule has 0 bridgehead atoms. The summed E-state index contributed by atoms with van der Waals surface area (Å²) in [6, 6.07) is 5.69. The number of hydrogen-bond donors (Lipinski definition) is 3. The Hall–Kier alpha value is -2.87. The van der Waals surface area contributed by atoms with Crippen LogP contribution in [0.2, 0.25) is 5.15 Å². The lowest BCUT2D eigenvalue weighted by molar-refractivity contribution is -0.145. The first-order chi connectivity index (χ1) is 14.9. The topological polar surface area (TPSA) is 113 Å². The Labute approximate surface area is 185 Å². The fourth-order valence-electron chi connectivity index (χ4n) is 4.01. The molecule has 1 heterocycles. The third-order valence-corrected chi connectivity index (χ3v) is 6.07. The van der Waals surface area contributed by atoms with Crippen LogP contribution in [0.15, 0.2) is 18.2 Å². The molecule has 1 fully saturated rings. The van der Waals surface area contributed by atoms with Gasteiger partial charge in [0.2, 0.25) is 5.91 Å². The number of fused-ring (bicyclic) bond motifs is 1. The molecule has 8 nitrogen and oxygen atoms in total. The molecule has 0 aliphatic heterocycles. The standard InChI is InChI=1S/C22H25ClN4O4/c1-3-17-18(23)27-19(26-17)21(29)25-14-7-11-5-6-13(8-12(11)9-14)24-20(28)15-10-16(15)22(30)31-4-2/h5-6,8,14-16H,3-4,7,9-10H2,1-2H3,(H,24,28)(H,25,29)(H,26,27). The van der Waals surface area contributed by atoms with Gasteiger partial charge in [0.05, 0.1) is 24.1 Å². The number of hydrogen-bond acceptors (Lipinski definition) is 5. The number of aryl methyl sites for hydroxylation is 1. The Morgan fingerprint density at radius 3 is 2.68 bits per heavy atom. The lowest BCUT2D eigenvalue weighted by Crippen LogP contribution is -2.35. The van der Waals surface area contributed by atoms with Crippen LogP contribution in [-0.4, -0.2) is 40.4 Å². The number of nitrogens with zero attached hydrogens (tertiary/aromatic N) is 1. The van der Waals surface area contributed by atoms with Gasteiger partial charge in [-0.1, -0.05) is 24.6 Å². The molecule has 31 heavy (non-hydrogen) atoms. The number of ether oxygens (including phenoxy) is 1. The van der Waals surface area contributed by atoms with Gasteiger partial charge in [-0.15, -0.1) is 0 Å². The van der Waals surface area contributed by atoms with Crippen molar-refractivity contribution in [1.29, 1.82) is 0 Å². The van der Waals surface area contributed by atoms with Crippen LogP contribution in [0.4, 0.5) is 5.69 Å². The smallest absolute Gasteiger partial charge is 0.309 e. The summed E-state index contributed by atoms with van der Waals surface area (Å²) in [6.07, 6.45) is 2.57. The minimum atomic E-state index is -0.336.